The third kappa shape index (κ3) is 4.48. The summed E-state index contributed by atoms with van der Waals surface area (Å²) in [6, 6.07) is 8.31. The average molecular weight is 322 g/mol. The fourth-order valence-corrected chi connectivity index (χ4v) is 3.33. The molecule has 1 saturated heterocycles. The summed E-state index contributed by atoms with van der Waals surface area (Å²) in [5, 5.41) is 3.60. The Morgan fingerprint density at radius 1 is 1.23 bits per heavy atom. The molecule has 1 aromatic carbocycles. The zero-order chi connectivity index (χ0) is 16.2. The fraction of sp³-hybridized carbons (Fsp3) is 0.588. The van der Waals surface area contributed by atoms with Crippen LogP contribution < -0.4 is 11.1 Å². The zero-order valence-corrected chi connectivity index (χ0v) is 14.4. The van der Waals surface area contributed by atoms with Crippen molar-refractivity contribution in [1.29, 1.82) is 0 Å². The summed E-state index contributed by atoms with van der Waals surface area (Å²) >= 11 is 1.83. The van der Waals surface area contributed by atoms with Crippen molar-refractivity contribution in [2.45, 2.75) is 55.3 Å². The van der Waals surface area contributed by atoms with Gasteiger partial charge >= 0.3 is 0 Å². The number of nitrogens with one attached hydrogen (secondary N) is 1. The van der Waals surface area contributed by atoms with Gasteiger partial charge in [-0.2, -0.15) is 0 Å². The fourth-order valence-electron chi connectivity index (χ4n) is 2.49. The number of thioether (sulfide) groups is 1. The molecule has 1 heterocycles. The monoisotopic (exact) mass is 322 g/mol. The van der Waals surface area contributed by atoms with Gasteiger partial charge in [-0.1, -0.05) is 26.0 Å². The van der Waals surface area contributed by atoms with E-state index in [1.54, 1.807) is 0 Å². The molecule has 3 N–H and O–H groups in total. The van der Waals surface area contributed by atoms with Gasteiger partial charge < -0.3 is 15.8 Å². The normalized spacial score (nSPS) is 19.0. The summed E-state index contributed by atoms with van der Waals surface area (Å²) in [6.07, 6.45) is 1.16. The van der Waals surface area contributed by atoms with E-state index in [4.69, 9.17) is 10.5 Å². The van der Waals surface area contributed by atoms with E-state index in [9.17, 15) is 4.79 Å². The summed E-state index contributed by atoms with van der Waals surface area (Å²) < 4.78 is 5.29. The first kappa shape index (κ1) is 17.3. The highest BCUT2D eigenvalue weighted by molar-refractivity contribution is 7.99. The Hall–Kier alpha value is -1.04. The molecular formula is C17H26N2O2S. The summed E-state index contributed by atoms with van der Waals surface area (Å²) in [4.78, 5) is 13.7. The lowest BCUT2D eigenvalue weighted by Gasteiger charge is -2.33. The maximum Gasteiger partial charge on any atom is 0.240 e. The first-order chi connectivity index (χ1) is 10.4. The number of carbonyl (C=O) groups excluding carboxylic acids is 1. The molecule has 2 rings (SSSR count). The quantitative estimate of drug-likeness (QED) is 0.818. The molecule has 0 spiro atoms. The van der Waals surface area contributed by atoms with Crippen LogP contribution >= 0.6 is 11.8 Å². The van der Waals surface area contributed by atoms with Gasteiger partial charge in [0.1, 0.15) is 0 Å². The summed E-state index contributed by atoms with van der Waals surface area (Å²) in [7, 11) is 0. The smallest absolute Gasteiger partial charge is 0.240 e. The molecule has 0 radical (unpaired) electrons. The second kappa shape index (κ2) is 7.49. The molecule has 1 unspecified atom stereocenters. The number of rotatable bonds is 5. The van der Waals surface area contributed by atoms with Crippen molar-refractivity contribution < 1.29 is 9.53 Å². The molecular weight excluding hydrogens is 296 g/mol. The molecule has 1 aliphatic heterocycles. The van der Waals surface area contributed by atoms with Crippen molar-refractivity contribution in [1.82, 2.24) is 5.32 Å². The van der Waals surface area contributed by atoms with Gasteiger partial charge in [0, 0.05) is 23.4 Å². The van der Waals surface area contributed by atoms with Gasteiger partial charge in [-0.05, 0) is 37.5 Å². The van der Waals surface area contributed by atoms with Crippen molar-refractivity contribution in [3.05, 3.63) is 29.8 Å². The molecule has 5 heteroatoms. The molecule has 1 atom stereocenters. The first-order valence-electron chi connectivity index (χ1n) is 7.85. The summed E-state index contributed by atoms with van der Waals surface area (Å²) in [5.41, 5.74) is 6.52. The molecule has 1 aromatic rings. The minimum Gasteiger partial charge on any atom is -0.381 e. The van der Waals surface area contributed by atoms with E-state index in [1.807, 2.05) is 18.7 Å². The Balaban J connectivity index is 1.96. The number of benzene rings is 1. The lowest BCUT2D eigenvalue weighted by Crippen LogP contribution is -2.57. The summed E-state index contributed by atoms with van der Waals surface area (Å²) in [6.45, 7) is 7.45. The maximum atomic E-state index is 12.4. The van der Waals surface area contributed by atoms with Crippen molar-refractivity contribution in [3.8, 4) is 0 Å². The van der Waals surface area contributed by atoms with Crippen molar-refractivity contribution in [2.24, 2.45) is 5.73 Å². The highest BCUT2D eigenvalue weighted by Gasteiger charge is 2.36. The topological polar surface area (TPSA) is 64.4 Å². The van der Waals surface area contributed by atoms with Crippen molar-refractivity contribution in [3.63, 3.8) is 0 Å². The number of nitrogens with two attached hydrogens (primary N) is 1. The first-order valence-corrected chi connectivity index (χ1v) is 8.73. The van der Waals surface area contributed by atoms with Crippen LogP contribution in [-0.2, 0) is 9.53 Å². The zero-order valence-electron chi connectivity index (χ0n) is 13.6. The van der Waals surface area contributed by atoms with Crippen LogP contribution in [0.15, 0.2) is 29.2 Å². The van der Waals surface area contributed by atoms with Gasteiger partial charge in [-0.3, -0.25) is 4.79 Å². The Labute approximate surface area is 137 Å². The molecule has 4 nitrogen and oxygen atoms in total. The van der Waals surface area contributed by atoms with Gasteiger partial charge in [0.15, 0.2) is 0 Å². The van der Waals surface area contributed by atoms with Crippen LogP contribution in [0.5, 0.6) is 0 Å². The number of amides is 1. The van der Waals surface area contributed by atoms with Crippen molar-refractivity contribution >= 4 is 17.7 Å². The highest BCUT2D eigenvalue weighted by Crippen LogP contribution is 2.25. The third-order valence-electron chi connectivity index (χ3n) is 3.94. The predicted octanol–water partition coefficient (Wildman–Crippen LogP) is 2.87. The minimum atomic E-state index is -0.792. The van der Waals surface area contributed by atoms with E-state index in [0.29, 0.717) is 31.3 Å². The van der Waals surface area contributed by atoms with Crippen LogP contribution in [0.25, 0.3) is 0 Å². The molecule has 22 heavy (non-hydrogen) atoms. The number of carbonyl (C=O) groups is 1. The van der Waals surface area contributed by atoms with Gasteiger partial charge in [-0.15, -0.1) is 11.8 Å². The lowest BCUT2D eigenvalue weighted by molar-refractivity contribution is -0.130. The van der Waals surface area contributed by atoms with E-state index >= 15 is 0 Å². The van der Waals surface area contributed by atoms with E-state index < -0.39 is 5.54 Å². The van der Waals surface area contributed by atoms with E-state index in [2.05, 4.69) is 43.4 Å². The van der Waals surface area contributed by atoms with Crippen LogP contribution in [0.2, 0.25) is 0 Å². The van der Waals surface area contributed by atoms with Crippen LogP contribution in [0.1, 0.15) is 45.2 Å². The van der Waals surface area contributed by atoms with Crippen LogP contribution in [-0.4, -0.2) is 29.9 Å². The molecule has 1 fully saturated rings. The van der Waals surface area contributed by atoms with Gasteiger partial charge in [-0.25, -0.2) is 0 Å². The molecule has 1 aliphatic rings. The number of ether oxygens (including phenoxy) is 1. The second-order valence-corrected chi connectivity index (χ2v) is 7.85. The van der Waals surface area contributed by atoms with E-state index in [0.717, 1.165) is 5.56 Å². The lowest BCUT2D eigenvalue weighted by atomic mass is 9.90. The molecule has 1 amide bonds. The molecule has 0 bridgehead atoms. The van der Waals surface area contributed by atoms with Gasteiger partial charge in [0.25, 0.3) is 0 Å². The average Bonchev–Trinajstić information content (AvgIpc) is 2.48. The Kier molecular flexibility index (Phi) is 5.89. The number of hydrogen-bond donors (Lipinski definition) is 2. The molecule has 0 saturated carbocycles. The standard InChI is InChI=1S/C17H26N2O2S/c1-12(2)22-15-6-4-14(5-7-15)13(3)19-16(20)17(18)8-10-21-11-9-17/h4-7,12-13H,8-11,18H2,1-3H3,(H,19,20). The Bertz CT molecular complexity index is 496. The number of hydrogen-bond acceptors (Lipinski definition) is 4. The van der Waals surface area contributed by atoms with Crippen molar-refractivity contribution in [2.75, 3.05) is 13.2 Å². The molecule has 122 valence electrons. The maximum absolute atomic E-state index is 12.4. The van der Waals surface area contributed by atoms with Gasteiger partial charge in [0.05, 0.1) is 11.6 Å². The largest absolute Gasteiger partial charge is 0.381 e. The van der Waals surface area contributed by atoms with Crippen LogP contribution in [0, 0.1) is 0 Å². The Morgan fingerprint density at radius 3 is 2.36 bits per heavy atom. The Morgan fingerprint density at radius 2 is 1.82 bits per heavy atom. The van der Waals surface area contributed by atoms with Crippen LogP contribution in [0.3, 0.4) is 0 Å². The minimum absolute atomic E-state index is 0.0473. The second-order valence-electron chi connectivity index (χ2n) is 6.20. The molecule has 0 aliphatic carbocycles. The highest BCUT2D eigenvalue weighted by atomic mass is 32.2. The SMILES string of the molecule is CC(C)Sc1ccc(C(C)NC(=O)C2(N)CCOCC2)cc1. The van der Waals surface area contributed by atoms with E-state index in [1.165, 1.54) is 4.90 Å². The van der Waals surface area contributed by atoms with Gasteiger partial charge in [0.2, 0.25) is 5.91 Å². The van der Waals surface area contributed by atoms with Crippen LogP contribution in [0.4, 0.5) is 0 Å². The summed E-state index contributed by atoms with van der Waals surface area (Å²) in [5.74, 6) is -0.0797. The van der Waals surface area contributed by atoms with E-state index in [-0.39, 0.29) is 11.9 Å². The third-order valence-corrected chi connectivity index (χ3v) is 4.95. The predicted molar refractivity (Wildman–Crippen MR) is 91.0 cm³/mol. The molecule has 0 aromatic heterocycles.